The Bertz CT molecular complexity index is 749. The summed E-state index contributed by atoms with van der Waals surface area (Å²) in [4.78, 5) is 14.8. The lowest BCUT2D eigenvalue weighted by Gasteiger charge is -2.41. The van der Waals surface area contributed by atoms with Crippen molar-refractivity contribution in [2.45, 2.75) is 32.4 Å². The van der Waals surface area contributed by atoms with Crippen LogP contribution in [0.2, 0.25) is 0 Å². The van der Waals surface area contributed by atoms with Gasteiger partial charge in [-0.05, 0) is 43.5 Å². The summed E-state index contributed by atoms with van der Waals surface area (Å²) in [6.07, 6.45) is 1.05. The molecule has 0 aromatic heterocycles. The van der Waals surface area contributed by atoms with E-state index in [1.165, 1.54) is 11.1 Å². The normalized spacial score (nSPS) is 13.8. The number of hydrogen-bond acceptors (Lipinski definition) is 3. The number of hydrogen-bond donors (Lipinski definition) is 2. The third-order valence-electron chi connectivity index (χ3n) is 4.87. The molecule has 3 N–H and O–H groups in total. The van der Waals surface area contributed by atoms with Crippen molar-refractivity contribution in [3.05, 3.63) is 65.2 Å². The van der Waals surface area contributed by atoms with Crippen molar-refractivity contribution in [2.75, 3.05) is 18.8 Å². The maximum Gasteiger partial charge on any atom is 0.253 e. The van der Waals surface area contributed by atoms with E-state index in [1.54, 1.807) is 12.1 Å². The van der Waals surface area contributed by atoms with Gasteiger partial charge >= 0.3 is 0 Å². The maximum atomic E-state index is 12.4. The molecule has 0 radical (unpaired) electrons. The monoisotopic (exact) mass is 395 g/mol. The molecule has 1 amide bonds. The van der Waals surface area contributed by atoms with Gasteiger partial charge < -0.3 is 11.1 Å². The van der Waals surface area contributed by atoms with Gasteiger partial charge in [-0.2, -0.15) is 0 Å². The van der Waals surface area contributed by atoms with Crippen LogP contribution in [-0.4, -0.2) is 29.4 Å². The quantitative estimate of drug-likeness (QED) is 0.776. The summed E-state index contributed by atoms with van der Waals surface area (Å²) < 4.78 is 0. The molecule has 1 aliphatic heterocycles. The van der Waals surface area contributed by atoms with Crippen LogP contribution >= 0.6 is 24.8 Å². The minimum Gasteiger partial charge on any atom is -0.398 e. The number of benzene rings is 2. The number of nitrogen functional groups attached to an aromatic ring is 1. The van der Waals surface area contributed by atoms with Gasteiger partial charge in [-0.1, -0.05) is 36.4 Å². The Balaban J connectivity index is 0.00000169. The first-order valence-electron chi connectivity index (χ1n) is 8.42. The Morgan fingerprint density at radius 3 is 2.38 bits per heavy atom. The molecule has 0 spiro atoms. The molecule has 0 aliphatic carbocycles. The number of carbonyl (C=O) groups excluding carboxylic acids is 1. The van der Waals surface area contributed by atoms with Crippen LogP contribution in [0.5, 0.6) is 0 Å². The molecule has 2 aromatic carbocycles. The second-order valence-electron chi connectivity index (χ2n) is 7.02. The molecule has 4 nitrogen and oxygen atoms in total. The zero-order chi connectivity index (χ0) is 17.2. The summed E-state index contributed by atoms with van der Waals surface area (Å²) >= 11 is 0. The average Bonchev–Trinajstić information content (AvgIpc) is 2.60. The highest BCUT2D eigenvalue weighted by Gasteiger charge is 2.30. The number of nitrogens with zero attached hydrogens (tertiary/aromatic N) is 1. The molecule has 1 aliphatic rings. The predicted octanol–water partition coefficient (Wildman–Crippen LogP) is 3.68. The molecule has 6 heteroatoms. The number of para-hydroxylation sites is 1. The Morgan fingerprint density at radius 1 is 1.08 bits per heavy atom. The summed E-state index contributed by atoms with van der Waals surface area (Å²) in [5.41, 5.74) is 9.64. The van der Waals surface area contributed by atoms with Crippen molar-refractivity contribution in [2.24, 2.45) is 0 Å². The van der Waals surface area contributed by atoms with Gasteiger partial charge in [0.15, 0.2) is 0 Å². The minimum atomic E-state index is -0.118. The lowest BCUT2D eigenvalue weighted by atomic mass is 9.94. The topological polar surface area (TPSA) is 58.4 Å². The first kappa shape index (κ1) is 22.3. The van der Waals surface area contributed by atoms with Crippen LogP contribution in [0, 0.1) is 0 Å². The summed E-state index contributed by atoms with van der Waals surface area (Å²) in [5.74, 6) is -0.112. The molecule has 1 heterocycles. The summed E-state index contributed by atoms with van der Waals surface area (Å²) in [7, 11) is 0. The van der Waals surface area contributed by atoms with Crippen LogP contribution < -0.4 is 11.1 Å². The zero-order valence-electron chi connectivity index (χ0n) is 15.2. The Labute approximate surface area is 168 Å². The molecule has 142 valence electrons. The minimum absolute atomic E-state index is 0. The van der Waals surface area contributed by atoms with E-state index in [0.29, 0.717) is 17.8 Å². The van der Waals surface area contributed by atoms with E-state index in [2.05, 4.69) is 48.3 Å². The van der Waals surface area contributed by atoms with Gasteiger partial charge in [-0.25, -0.2) is 0 Å². The second kappa shape index (κ2) is 9.26. The fourth-order valence-corrected chi connectivity index (χ4v) is 3.22. The van der Waals surface area contributed by atoms with Crippen molar-refractivity contribution in [1.82, 2.24) is 10.2 Å². The largest absolute Gasteiger partial charge is 0.398 e. The number of anilines is 1. The smallest absolute Gasteiger partial charge is 0.253 e. The number of amides is 1. The number of carbonyl (C=O) groups is 1. The van der Waals surface area contributed by atoms with Gasteiger partial charge in [0.25, 0.3) is 5.91 Å². The van der Waals surface area contributed by atoms with Gasteiger partial charge in [-0.3, -0.25) is 9.69 Å². The highest BCUT2D eigenvalue weighted by Crippen LogP contribution is 2.25. The van der Waals surface area contributed by atoms with Crippen LogP contribution in [0.15, 0.2) is 48.5 Å². The third-order valence-corrected chi connectivity index (χ3v) is 4.87. The van der Waals surface area contributed by atoms with E-state index in [4.69, 9.17) is 5.73 Å². The van der Waals surface area contributed by atoms with Crippen LogP contribution in [0.25, 0.3) is 0 Å². The zero-order valence-corrected chi connectivity index (χ0v) is 16.8. The van der Waals surface area contributed by atoms with E-state index in [0.717, 1.165) is 19.5 Å². The highest BCUT2D eigenvalue weighted by atomic mass is 35.5. The van der Waals surface area contributed by atoms with Crippen molar-refractivity contribution < 1.29 is 4.79 Å². The predicted molar refractivity (Wildman–Crippen MR) is 112 cm³/mol. The molecule has 0 atom stereocenters. The van der Waals surface area contributed by atoms with Crippen molar-refractivity contribution in [1.29, 1.82) is 0 Å². The molecule has 3 rings (SSSR count). The summed E-state index contributed by atoms with van der Waals surface area (Å²) in [6.45, 7) is 6.87. The van der Waals surface area contributed by atoms with Gasteiger partial charge in [0.2, 0.25) is 0 Å². The van der Waals surface area contributed by atoms with Crippen LogP contribution in [-0.2, 0) is 13.0 Å². The Kier molecular flexibility index (Phi) is 7.94. The van der Waals surface area contributed by atoms with E-state index in [-0.39, 0.29) is 36.3 Å². The molecule has 0 fully saturated rings. The standard InChI is InChI=1S/C20H25N3O.2ClH/c1-20(2,14-22-19(24)17-9-5-6-10-18(17)21)23-12-11-15-7-3-4-8-16(15)13-23;;/h3-10H,11-14,21H2,1-2H3,(H,22,24);2*1H. The Hall–Kier alpha value is -1.75. The second-order valence-corrected chi connectivity index (χ2v) is 7.02. The van der Waals surface area contributed by atoms with Gasteiger partial charge in [0.1, 0.15) is 0 Å². The fraction of sp³-hybridized carbons (Fsp3) is 0.350. The number of halogens is 2. The first-order valence-corrected chi connectivity index (χ1v) is 8.42. The van der Waals surface area contributed by atoms with E-state index in [1.807, 2.05) is 12.1 Å². The van der Waals surface area contributed by atoms with E-state index in [9.17, 15) is 4.79 Å². The molecular weight excluding hydrogens is 369 g/mol. The van der Waals surface area contributed by atoms with Crippen molar-refractivity contribution in [3.63, 3.8) is 0 Å². The van der Waals surface area contributed by atoms with E-state index < -0.39 is 0 Å². The maximum absolute atomic E-state index is 12.4. The average molecular weight is 396 g/mol. The van der Waals surface area contributed by atoms with Crippen LogP contribution in [0.1, 0.15) is 35.3 Å². The number of fused-ring (bicyclic) bond motifs is 1. The summed E-state index contributed by atoms with van der Waals surface area (Å²) in [5, 5.41) is 3.04. The Morgan fingerprint density at radius 2 is 1.69 bits per heavy atom. The number of rotatable bonds is 4. The number of nitrogens with two attached hydrogens (primary N) is 1. The van der Waals surface area contributed by atoms with Gasteiger partial charge in [0, 0.05) is 30.9 Å². The molecule has 0 saturated heterocycles. The molecule has 0 saturated carbocycles. The molecule has 0 unspecified atom stereocenters. The number of nitrogens with one attached hydrogen (secondary N) is 1. The lowest BCUT2D eigenvalue weighted by molar-refractivity contribution is 0.0827. The van der Waals surface area contributed by atoms with Gasteiger partial charge in [0.05, 0.1) is 5.56 Å². The summed E-state index contributed by atoms with van der Waals surface area (Å²) in [6, 6.07) is 15.8. The molecule has 2 aromatic rings. The lowest BCUT2D eigenvalue weighted by Crippen LogP contribution is -2.53. The fourth-order valence-electron chi connectivity index (χ4n) is 3.22. The highest BCUT2D eigenvalue weighted by molar-refractivity contribution is 5.99. The molecular formula is C20H27Cl2N3O. The van der Waals surface area contributed by atoms with Crippen LogP contribution in [0.3, 0.4) is 0 Å². The van der Waals surface area contributed by atoms with Gasteiger partial charge in [-0.15, -0.1) is 24.8 Å². The van der Waals surface area contributed by atoms with Crippen molar-refractivity contribution in [3.8, 4) is 0 Å². The molecule has 26 heavy (non-hydrogen) atoms. The third kappa shape index (κ3) is 4.91. The van der Waals surface area contributed by atoms with Crippen molar-refractivity contribution >= 4 is 36.4 Å². The van der Waals surface area contributed by atoms with Crippen LogP contribution in [0.4, 0.5) is 5.69 Å². The van der Waals surface area contributed by atoms with E-state index >= 15 is 0 Å². The SMILES string of the molecule is CC(C)(CNC(=O)c1ccccc1N)N1CCc2ccccc2C1.Cl.Cl. The molecule has 0 bridgehead atoms. The first-order chi connectivity index (χ1) is 11.5.